The lowest BCUT2D eigenvalue weighted by Gasteiger charge is -2.09. The van der Waals surface area contributed by atoms with Gasteiger partial charge >= 0.3 is 5.97 Å². The summed E-state index contributed by atoms with van der Waals surface area (Å²) < 4.78 is 28.7. The number of rotatable bonds is 5. The van der Waals surface area contributed by atoms with Crippen molar-refractivity contribution in [1.82, 2.24) is 19.9 Å². The van der Waals surface area contributed by atoms with E-state index in [4.69, 9.17) is 4.74 Å². The highest BCUT2D eigenvalue weighted by molar-refractivity contribution is 7.90. The molecular formula is C19H14N4O5S. The first kappa shape index (κ1) is 18.6. The Balaban J connectivity index is 1.75. The number of carboxylic acid groups (broad SMARTS) is 1. The zero-order valence-electron chi connectivity index (χ0n) is 15.0. The molecule has 9 nitrogen and oxygen atoms in total. The van der Waals surface area contributed by atoms with Gasteiger partial charge in [0.25, 0.3) is 0 Å². The van der Waals surface area contributed by atoms with E-state index in [-0.39, 0.29) is 22.1 Å². The number of nitrogens with zero attached hydrogens (tertiary/aromatic N) is 3. The number of sulfone groups is 1. The summed E-state index contributed by atoms with van der Waals surface area (Å²) in [6, 6.07) is 11.0. The zero-order valence-corrected chi connectivity index (χ0v) is 15.8. The van der Waals surface area contributed by atoms with E-state index in [1.54, 1.807) is 18.3 Å². The number of H-pyrrole nitrogens is 1. The van der Waals surface area contributed by atoms with Crippen molar-refractivity contribution >= 4 is 26.8 Å². The maximum absolute atomic E-state index is 11.7. The van der Waals surface area contributed by atoms with Gasteiger partial charge in [-0.2, -0.15) is 0 Å². The van der Waals surface area contributed by atoms with E-state index in [9.17, 15) is 18.3 Å². The van der Waals surface area contributed by atoms with Crippen LogP contribution in [0.1, 0.15) is 10.4 Å². The quantitative estimate of drug-likeness (QED) is 0.513. The molecule has 0 radical (unpaired) electrons. The van der Waals surface area contributed by atoms with Crippen LogP contribution in [0, 0.1) is 0 Å². The molecule has 1 aromatic carbocycles. The molecule has 0 fully saturated rings. The summed E-state index contributed by atoms with van der Waals surface area (Å²) in [6.45, 7) is 0. The fourth-order valence-corrected chi connectivity index (χ4v) is 3.25. The van der Waals surface area contributed by atoms with Crippen LogP contribution in [0.15, 0.2) is 59.9 Å². The summed E-state index contributed by atoms with van der Waals surface area (Å²) in [5.41, 5.74) is 1.53. The number of nitrogens with one attached hydrogen (secondary N) is 1. The van der Waals surface area contributed by atoms with E-state index in [0.29, 0.717) is 22.6 Å². The minimum Gasteiger partial charge on any atom is -0.478 e. The van der Waals surface area contributed by atoms with Gasteiger partial charge in [0.15, 0.2) is 20.7 Å². The number of fused-ring (bicyclic) bond motifs is 1. The van der Waals surface area contributed by atoms with E-state index in [1.807, 2.05) is 6.07 Å². The number of aromatic nitrogens is 4. The molecule has 29 heavy (non-hydrogen) atoms. The molecule has 4 rings (SSSR count). The van der Waals surface area contributed by atoms with Gasteiger partial charge in [0.05, 0.1) is 17.2 Å². The smallest absolute Gasteiger partial charge is 0.339 e. The molecule has 0 aliphatic carbocycles. The van der Waals surface area contributed by atoms with Crippen LogP contribution < -0.4 is 4.74 Å². The van der Waals surface area contributed by atoms with Crippen molar-refractivity contribution in [2.75, 3.05) is 6.26 Å². The van der Waals surface area contributed by atoms with Crippen molar-refractivity contribution in [2.45, 2.75) is 5.03 Å². The molecule has 4 aromatic rings. The van der Waals surface area contributed by atoms with Crippen molar-refractivity contribution in [3.05, 3.63) is 60.4 Å². The van der Waals surface area contributed by atoms with Crippen molar-refractivity contribution < 1.29 is 23.1 Å². The topological polar surface area (TPSA) is 135 Å². The van der Waals surface area contributed by atoms with Crippen molar-refractivity contribution in [2.24, 2.45) is 0 Å². The van der Waals surface area contributed by atoms with Gasteiger partial charge in [-0.3, -0.25) is 4.98 Å². The molecule has 3 aromatic heterocycles. The fraction of sp³-hybridized carbons (Fsp3) is 0.0526. The maximum Gasteiger partial charge on any atom is 0.339 e. The van der Waals surface area contributed by atoms with Gasteiger partial charge in [-0.05, 0) is 30.3 Å². The van der Waals surface area contributed by atoms with Gasteiger partial charge in [0.1, 0.15) is 22.8 Å². The number of ether oxygens (including phenoxy) is 1. The normalized spacial score (nSPS) is 11.5. The van der Waals surface area contributed by atoms with Crippen LogP contribution in [0.4, 0.5) is 0 Å². The highest BCUT2D eigenvalue weighted by Crippen LogP contribution is 2.30. The molecule has 0 amide bonds. The summed E-state index contributed by atoms with van der Waals surface area (Å²) in [5, 5.41) is 9.45. The minimum absolute atomic E-state index is 0.0649. The van der Waals surface area contributed by atoms with Gasteiger partial charge < -0.3 is 14.8 Å². The highest BCUT2D eigenvalue weighted by atomic mass is 32.2. The Labute approximate surface area is 165 Å². The summed E-state index contributed by atoms with van der Waals surface area (Å²) in [7, 11) is -3.45. The van der Waals surface area contributed by atoms with Crippen LogP contribution in [-0.4, -0.2) is 45.7 Å². The van der Waals surface area contributed by atoms with Gasteiger partial charge in [-0.1, -0.05) is 6.07 Å². The number of hydrogen-bond acceptors (Lipinski definition) is 7. The second kappa shape index (κ2) is 6.99. The molecule has 0 spiro atoms. The molecule has 10 heteroatoms. The third kappa shape index (κ3) is 3.78. The van der Waals surface area contributed by atoms with E-state index >= 15 is 0 Å². The first-order valence-electron chi connectivity index (χ1n) is 8.34. The Morgan fingerprint density at radius 3 is 2.59 bits per heavy atom. The number of pyridine rings is 2. The summed E-state index contributed by atoms with van der Waals surface area (Å²) in [6.07, 6.45) is 3.90. The van der Waals surface area contributed by atoms with Crippen molar-refractivity contribution in [1.29, 1.82) is 0 Å². The van der Waals surface area contributed by atoms with Gasteiger partial charge in [0, 0.05) is 18.5 Å². The number of carbonyl (C=O) groups is 1. The van der Waals surface area contributed by atoms with E-state index in [0.717, 1.165) is 6.26 Å². The summed E-state index contributed by atoms with van der Waals surface area (Å²) in [5.74, 6) is -0.433. The molecular weight excluding hydrogens is 396 g/mol. The van der Waals surface area contributed by atoms with Crippen LogP contribution in [0.2, 0.25) is 0 Å². The van der Waals surface area contributed by atoms with Crippen LogP contribution in [0.5, 0.6) is 11.5 Å². The second-order valence-corrected chi connectivity index (χ2v) is 8.14. The monoisotopic (exact) mass is 410 g/mol. The Kier molecular flexibility index (Phi) is 4.47. The molecule has 0 aliphatic heterocycles. The third-order valence-electron chi connectivity index (χ3n) is 4.04. The molecule has 0 atom stereocenters. The molecule has 0 unspecified atom stereocenters. The first-order valence-corrected chi connectivity index (χ1v) is 10.2. The Bertz CT molecular complexity index is 1320. The SMILES string of the molecule is CS(=O)(=O)c1ccc(Oc2cc3[nH]c(-c4ccccn4)nc3cc2C(=O)O)cn1. The maximum atomic E-state index is 11.7. The molecule has 0 saturated carbocycles. The lowest BCUT2D eigenvalue weighted by molar-refractivity contribution is 0.0694. The molecule has 0 saturated heterocycles. The fourth-order valence-electron chi connectivity index (χ4n) is 2.69. The van der Waals surface area contributed by atoms with Crippen LogP contribution in [0.3, 0.4) is 0 Å². The second-order valence-electron chi connectivity index (χ2n) is 6.18. The van der Waals surface area contributed by atoms with E-state index in [1.165, 1.54) is 30.5 Å². The number of aromatic carboxylic acids is 1. The van der Waals surface area contributed by atoms with E-state index < -0.39 is 15.8 Å². The van der Waals surface area contributed by atoms with Gasteiger partial charge in [-0.15, -0.1) is 0 Å². The molecule has 146 valence electrons. The summed E-state index contributed by atoms with van der Waals surface area (Å²) in [4.78, 5) is 27.2. The Morgan fingerprint density at radius 1 is 1.14 bits per heavy atom. The zero-order chi connectivity index (χ0) is 20.6. The van der Waals surface area contributed by atoms with Crippen LogP contribution in [0.25, 0.3) is 22.6 Å². The standard InChI is InChI=1S/C19H14N4O5S/c1-29(26,27)17-6-5-11(10-21-17)28-16-9-15-14(8-12(16)19(24)25)22-18(23-15)13-4-2-3-7-20-13/h2-10H,1H3,(H,22,23)(H,24,25). The summed E-state index contributed by atoms with van der Waals surface area (Å²) >= 11 is 0. The predicted molar refractivity (Wildman–Crippen MR) is 104 cm³/mol. The van der Waals surface area contributed by atoms with Crippen LogP contribution in [-0.2, 0) is 9.84 Å². The van der Waals surface area contributed by atoms with Gasteiger partial charge in [0.2, 0.25) is 0 Å². The Morgan fingerprint density at radius 2 is 1.97 bits per heavy atom. The molecule has 0 bridgehead atoms. The average molecular weight is 410 g/mol. The highest BCUT2D eigenvalue weighted by Gasteiger charge is 2.17. The first-order chi connectivity index (χ1) is 13.8. The van der Waals surface area contributed by atoms with Crippen LogP contribution >= 0.6 is 0 Å². The lowest BCUT2D eigenvalue weighted by atomic mass is 10.2. The number of aromatic amines is 1. The number of hydrogen-bond donors (Lipinski definition) is 2. The molecule has 0 aliphatic rings. The number of carboxylic acids is 1. The number of benzene rings is 1. The average Bonchev–Trinajstić information content (AvgIpc) is 3.11. The van der Waals surface area contributed by atoms with Crippen molar-refractivity contribution in [3.63, 3.8) is 0 Å². The predicted octanol–water partition coefficient (Wildman–Crippen LogP) is 2.91. The number of imidazole rings is 1. The minimum atomic E-state index is -3.45. The largest absolute Gasteiger partial charge is 0.478 e. The van der Waals surface area contributed by atoms with E-state index in [2.05, 4.69) is 19.9 Å². The Hall–Kier alpha value is -3.79. The van der Waals surface area contributed by atoms with Crippen molar-refractivity contribution in [3.8, 4) is 23.0 Å². The lowest BCUT2D eigenvalue weighted by Crippen LogP contribution is -2.02. The molecule has 2 N–H and O–H groups in total. The third-order valence-corrected chi connectivity index (χ3v) is 5.04. The molecule has 3 heterocycles. The van der Waals surface area contributed by atoms with Gasteiger partial charge in [-0.25, -0.2) is 23.2 Å².